The van der Waals surface area contributed by atoms with Crippen molar-refractivity contribution in [2.45, 2.75) is 96.4 Å². The van der Waals surface area contributed by atoms with Gasteiger partial charge in [0, 0.05) is 24.9 Å². The van der Waals surface area contributed by atoms with Crippen molar-refractivity contribution in [3.8, 4) is 0 Å². The third-order valence-electron chi connectivity index (χ3n) is 5.20. The van der Waals surface area contributed by atoms with E-state index in [1.54, 1.807) is 0 Å². The summed E-state index contributed by atoms with van der Waals surface area (Å²) in [6.07, 6.45) is 9.89. The SMILES string of the molecule is CCCCCCCCC1CC2(CC(C)N1C(=O)OCC)OCCO2. The molecule has 2 rings (SSSR count). The van der Waals surface area contributed by atoms with Gasteiger partial charge < -0.3 is 19.1 Å². The number of likely N-dealkylation sites (tertiary alicyclic amines) is 1. The lowest BCUT2D eigenvalue weighted by molar-refractivity contribution is -0.203. The normalized spacial score (nSPS) is 26.0. The second-order valence-electron chi connectivity index (χ2n) is 7.18. The predicted octanol–water partition coefficient (Wildman–Crippen LogP) is 4.49. The molecule has 0 N–H and O–H groups in total. The van der Waals surface area contributed by atoms with Crippen LogP contribution in [0.25, 0.3) is 0 Å². The summed E-state index contributed by atoms with van der Waals surface area (Å²) >= 11 is 0. The number of rotatable bonds is 8. The van der Waals surface area contributed by atoms with E-state index >= 15 is 0 Å². The smallest absolute Gasteiger partial charge is 0.410 e. The van der Waals surface area contributed by atoms with Gasteiger partial charge in [0.2, 0.25) is 0 Å². The van der Waals surface area contributed by atoms with Crippen LogP contribution >= 0.6 is 0 Å². The highest BCUT2D eigenvalue weighted by Gasteiger charge is 2.48. The molecule has 1 spiro atoms. The molecule has 2 saturated heterocycles. The highest BCUT2D eigenvalue weighted by molar-refractivity contribution is 5.68. The van der Waals surface area contributed by atoms with E-state index in [0.29, 0.717) is 19.8 Å². The van der Waals surface area contributed by atoms with Gasteiger partial charge in [0.05, 0.1) is 19.8 Å². The maximum Gasteiger partial charge on any atom is 0.410 e. The summed E-state index contributed by atoms with van der Waals surface area (Å²) < 4.78 is 17.2. The van der Waals surface area contributed by atoms with Crippen LogP contribution in [0.1, 0.15) is 78.6 Å². The van der Waals surface area contributed by atoms with E-state index in [2.05, 4.69) is 13.8 Å². The molecule has 2 fully saturated rings. The summed E-state index contributed by atoms with van der Waals surface area (Å²) in [7, 11) is 0. The Morgan fingerprint density at radius 1 is 1.08 bits per heavy atom. The first kappa shape index (κ1) is 19.5. The van der Waals surface area contributed by atoms with Gasteiger partial charge >= 0.3 is 6.09 Å². The molecule has 0 radical (unpaired) electrons. The molecule has 0 aromatic carbocycles. The molecular formula is C19H35NO4. The first-order valence-corrected chi connectivity index (χ1v) is 9.85. The molecule has 2 aliphatic heterocycles. The Morgan fingerprint density at radius 3 is 2.42 bits per heavy atom. The van der Waals surface area contributed by atoms with Gasteiger partial charge in [-0.05, 0) is 20.3 Å². The third kappa shape index (κ3) is 5.09. The van der Waals surface area contributed by atoms with Gasteiger partial charge in [0.15, 0.2) is 5.79 Å². The average Bonchev–Trinajstić information content (AvgIpc) is 2.98. The molecule has 1 amide bonds. The zero-order valence-electron chi connectivity index (χ0n) is 15.7. The minimum Gasteiger partial charge on any atom is -0.450 e. The topological polar surface area (TPSA) is 48.0 Å². The van der Waals surface area contributed by atoms with Gasteiger partial charge in [-0.3, -0.25) is 0 Å². The third-order valence-corrected chi connectivity index (χ3v) is 5.20. The number of nitrogens with zero attached hydrogens (tertiary/aromatic N) is 1. The number of carbonyl (C=O) groups is 1. The Bertz CT molecular complexity index is 382. The van der Waals surface area contributed by atoms with Gasteiger partial charge in [0.1, 0.15) is 0 Å². The fourth-order valence-electron chi connectivity index (χ4n) is 4.11. The van der Waals surface area contributed by atoms with Crippen LogP contribution in [0.5, 0.6) is 0 Å². The minimum atomic E-state index is -0.477. The van der Waals surface area contributed by atoms with Crippen LogP contribution < -0.4 is 0 Å². The molecule has 0 aromatic heterocycles. The fourth-order valence-corrected chi connectivity index (χ4v) is 4.11. The number of carbonyl (C=O) groups excluding carboxylic acids is 1. The molecule has 2 aliphatic rings. The van der Waals surface area contributed by atoms with E-state index in [4.69, 9.17) is 14.2 Å². The van der Waals surface area contributed by atoms with Crippen LogP contribution in [0.2, 0.25) is 0 Å². The Labute approximate surface area is 147 Å². The van der Waals surface area contributed by atoms with Gasteiger partial charge in [-0.2, -0.15) is 0 Å². The first-order chi connectivity index (χ1) is 11.6. The summed E-state index contributed by atoms with van der Waals surface area (Å²) in [5.74, 6) is -0.477. The number of unbranched alkanes of at least 4 members (excludes halogenated alkanes) is 5. The zero-order chi connectivity index (χ0) is 17.4. The molecule has 0 aromatic rings. The average molecular weight is 341 g/mol. The Kier molecular flexibility index (Phi) is 7.82. The first-order valence-electron chi connectivity index (χ1n) is 9.85. The summed E-state index contributed by atoms with van der Waals surface area (Å²) in [5, 5.41) is 0. The molecule has 5 heteroatoms. The van der Waals surface area contributed by atoms with Crippen molar-refractivity contribution in [1.82, 2.24) is 4.90 Å². The maximum absolute atomic E-state index is 12.4. The maximum atomic E-state index is 12.4. The lowest BCUT2D eigenvalue weighted by Gasteiger charge is -2.46. The fraction of sp³-hybridized carbons (Fsp3) is 0.947. The number of hydrogen-bond donors (Lipinski definition) is 0. The van der Waals surface area contributed by atoms with E-state index in [1.165, 1.54) is 32.1 Å². The summed E-state index contributed by atoms with van der Waals surface area (Å²) in [6, 6.07) is 0.234. The van der Waals surface area contributed by atoms with Gasteiger partial charge in [-0.25, -0.2) is 4.79 Å². The van der Waals surface area contributed by atoms with Crippen molar-refractivity contribution in [3.05, 3.63) is 0 Å². The molecule has 0 aliphatic carbocycles. The molecule has 140 valence electrons. The van der Waals surface area contributed by atoms with Crippen LogP contribution in [0.15, 0.2) is 0 Å². The summed E-state index contributed by atoms with van der Waals surface area (Å²) in [5.41, 5.74) is 0. The van der Waals surface area contributed by atoms with Crippen molar-refractivity contribution >= 4 is 6.09 Å². The lowest BCUT2D eigenvalue weighted by Crippen LogP contribution is -2.57. The minimum absolute atomic E-state index is 0.0843. The Morgan fingerprint density at radius 2 is 1.75 bits per heavy atom. The quantitative estimate of drug-likeness (QED) is 0.610. The van der Waals surface area contributed by atoms with E-state index in [-0.39, 0.29) is 18.2 Å². The van der Waals surface area contributed by atoms with Crippen molar-refractivity contribution in [2.24, 2.45) is 0 Å². The molecular weight excluding hydrogens is 306 g/mol. The zero-order valence-corrected chi connectivity index (χ0v) is 15.7. The summed E-state index contributed by atoms with van der Waals surface area (Å²) in [6.45, 7) is 7.92. The molecule has 24 heavy (non-hydrogen) atoms. The van der Waals surface area contributed by atoms with Gasteiger partial charge in [0.25, 0.3) is 0 Å². The van der Waals surface area contributed by atoms with Gasteiger partial charge in [-0.15, -0.1) is 0 Å². The molecule has 5 nitrogen and oxygen atoms in total. The largest absolute Gasteiger partial charge is 0.450 e. The monoisotopic (exact) mass is 341 g/mol. The highest BCUT2D eigenvalue weighted by Crippen LogP contribution is 2.39. The molecule has 0 bridgehead atoms. The van der Waals surface area contributed by atoms with Crippen molar-refractivity contribution in [2.75, 3.05) is 19.8 Å². The molecule has 0 saturated carbocycles. The lowest BCUT2D eigenvalue weighted by atomic mass is 9.88. The number of hydrogen-bond acceptors (Lipinski definition) is 4. The van der Waals surface area contributed by atoms with Crippen LogP contribution in [-0.4, -0.2) is 48.7 Å². The standard InChI is InChI=1S/C19H35NO4/c1-4-6-7-8-9-10-11-17-15-19(23-12-13-24-19)14-16(3)20(17)18(21)22-5-2/h16-17H,4-15H2,1-3H3. The van der Waals surface area contributed by atoms with E-state index in [9.17, 15) is 4.79 Å². The Balaban J connectivity index is 1.92. The van der Waals surface area contributed by atoms with Crippen LogP contribution in [0, 0.1) is 0 Å². The molecule has 2 heterocycles. The van der Waals surface area contributed by atoms with E-state index in [1.807, 2.05) is 11.8 Å². The van der Waals surface area contributed by atoms with Crippen LogP contribution in [-0.2, 0) is 14.2 Å². The number of amides is 1. The summed E-state index contributed by atoms with van der Waals surface area (Å²) in [4.78, 5) is 14.4. The highest BCUT2D eigenvalue weighted by atomic mass is 16.7. The predicted molar refractivity (Wildman–Crippen MR) is 94.0 cm³/mol. The second kappa shape index (κ2) is 9.62. The number of piperidine rings is 1. The van der Waals surface area contributed by atoms with Crippen molar-refractivity contribution < 1.29 is 19.0 Å². The Hall–Kier alpha value is -0.810. The molecule has 2 atom stereocenters. The van der Waals surface area contributed by atoms with E-state index in [0.717, 1.165) is 25.7 Å². The second-order valence-corrected chi connectivity index (χ2v) is 7.18. The van der Waals surface area contributed by atoms with Crippen LogP contribution in [0.3, 0.4) is 0 Å². The number of ether oxygens (including phenoxy) is 3. The van der Waals surface area contributed by atoms with Gasteiger partial charge in [-0.1, -0.05) is 45.4 Å². The molecule has 2 unspecified atom stereocenters. The van der Waals surface area contributed by atoms with E-state index < -0.39 is 5.79 Å². The van der Waals surface area contributed by atoms with Crippen LogP contribution in [0.4, 0.5) is 4.79 Å². The van der Waals surface area contributed by atoms with Crippen molar-refractivity contribution in [1.29, 1.82) is 0 Å². The van der Waals surface area contributed by atoms with Crippen molar-refractivity contribution in [3.63, 3.8) is 0 Å².